The number of benzene rings is 1. The maximum Gasteiger partial charge on any atom is 0.243 e. The number of nitrogens with zero attached hydrogens (tertiary/aromatic N) is 2. The van der Waals surface area contributed by atoms with Crippen LogP contribution in [0.3, 0.4) is 0 Å². The van der Waals surface area contributed by atoms with E-state index in [-0.39, 0.29) is 29.0 Å². The molecule has 0 spiro atoms. The predicted octanol–water partition coefficient (Wildman–Crippen LogP) is 2.09. The summed E-state index contributed by atoms with van der Waals surface area (Å²) in [5.74, 6) is -0.286. The van der Waals surface area contributed by atoms with Gasteiger partial charge in [-0.05, 0) is 37.5 Å². The first-order valence-electron chi connectivity index (χ1n) is 10.2. The third-order valence-electron chi connectivity index (χ3n) is 4.61. The Morgan fingerprint density at radius 3 is 2.60 bits per heavy atom. The van der Waals surface area contributed by atoms with E-state index in [1.54, 1.807) is 19.2 Å². The minimum Gasteiger partial charge on any atom is -0.385 e. The van der Waals surface area contributed by atoms with Gasteiger partial charge in [0.25, 0.3) is 0 Å². The van der Waals surface area contributed by atoms with Crippen molar-refractivity contribution in [2.24, 2.45) is 0 Å². The van der Waals surface area contributed by atoms with E-state index < -0.39 is 10.0 Å². The van der Waals surface area contributed by atoms with Crippen LogP contribution in [0, 0.1) is 0 Å². The lowest BCUT2D eigenvalue weighted by Crippen LogP contribution is -2.43. The standard InChI is InChI=1S/C20H31N3O5S2/c1-4-10-22(11-5-2)30(26,27)16-7-8-18-17(13-16)23(20(25)15-29-18)14-19(24)21-9-6-12-28-3/h7-8,13H,4-6,9-12,14-15H2,1-3H3,(H,21,24). The summed E-state index contributed by atoms with van der Waals surface area (Å²) in [6.07, 6.45) is 2.11. The van der Waals surface area contributed by atoms with E-state index in [2.05, 4.69) is 5.32 Å². The lowest BCUT2D eigenvalue weighted by Gasteiger charge is -2.29. The van der Waals surface area contributed by atoms with Crippen LogP contribution in [0.1, 0.15) is 33.1 Å². The normalized spacial score (nSPS) is 14.1. The van der Waals surface area contributed by atoms with Gasteiger partial charge in [0.05, 0.1) is 16.3 Å². The summed E-state index contributed by atoms with van der Waals surface area (Å²) in [5.41, 5.74) is 0.470. The van der Waals surface area contributed by atoms with E-state index in [0.29, 0.717) is 51.2 Å². The monoisotopic (exact) mass is 457 g/mol. The number of thioether (sulfide) groups is 1. The van der Waals surface area contributed by atoms with E-state index in [1.807, 2.05) is 13.8 Å². The highest BCUT2D eigenvalue weighted by molar-refractivity contribution is 8.00. The van der Waals surface area contributed by atoms with Gasteiger partial charge in [-0.2, -0.15) is 4.31 Å². The highest BCUT2D eigenvalue weighted by atomic mass is 32.2. The molecule has 0 radical (unpaired) electrons. The van der Waals surface area contributed by atoms with Crippen molar-refractivity contribution in [3.05, 3.63) is 18.2 Å². The highest BCUT2D eigenvalue weighted by Crippen LogP contribution is 2.37. The first-order valence-corrected chi connectivity index (χ1v) is 12.6. The Balaban J connectivity index is 2.26. The Labute approximate surface area is 183 Å². The third-order valence-corrected chi connectivity index (χ3v) is 7.55. The molecule has 0 aliphatic carbocycles. The van der Waals surface area contributed by atoms with Crippen molar-refractivity contribution in [1.82, 2.24) is 9.62 Å². The molecule has 1 heterocycles. The van der Waals surface area contributed by atoms with E-state index >= 15 is 0 Å². The van der Waals surface area contributed by atoms with Crippen LogP contribution in [-0.2, 0) is 24.3 Å². The molecule has 1 aliphatic rings. The number of anilines is 1. The van der Waals surface area contributed by atoms with Gasteiger partial charge in [-0.1, -0.05) is 13.8 Å². The van der Waals surface area contributed by atoms with Gasteiger partial charge in [-0.3, -0.25) is 9.59 Å². The maximum absolute atomic E-state index is 13.1. The van der Waals surface area contributed by atoms with Crippen LogP contribution in [-0.4, -0.2) is 70.2 Å². The Bertz CT molecular complexity index is 839. The average Bonchev–Trinajstić information content (AvgIpc) is 2.72. The van der Waals surface area contributed by atoms with Gasteiger partial charge in [0.1, 0.15) is 6.54 Å². The number of rotatable bonds is 12. The molecular weight excluding hydrogens is 426 g/mol. The van der Waals surface area contributed by atoms with Crippen molar-refractivity contribution >= 4 is 39.3 Å². The zero-order valence-electron chi connectivity index (χ0n) is 17.8. The Morgan fingerprint density at radius 1 is 1.27 bits per heavy atom. The number of methoxy groups -OCH3 is 1. The molecule has 0 atom stereocenters. The second-order valence-corrected chi connectivity index (χ2v) is 9.95. The Kier molecular flexibility index (Phi) is 9.60. The molecule has 8 nitrogen and oxygen atoms in total. The van der Waals surface area contributed by atoms with Crippen molar-refractivity contribution in [3.63, 3.8) is 0 Å². The van der Waals surface area contributed by atoms with Crippen LogP contribution in [0.2, 0.25) is 0 Å². The molecule has 1 N–H and O–H groups in total. The van der Waals surface area contributed by atoms with Crippen LogP contribution in [0.25, 0.3) is 0 Å². The first kappa shape index (κ1) is 24.6. The Morgan fingerprint density at radius 2 is 1.97 bits per heavy atom. The fraction of sp³-hybridized carbons (Fsp3) is 0.600. The van der Waals surface area contributed by atoms with Gasteiger partial charge in [-0.25, -0.2) is 8.42 Å². The van der Waals surface area contributed by atoms with Crippen molar-refractivity contribution in [2.45, 2.75) is 42.9 Å². The molecule has 0 saturated heterocycles. The molecule has 1 aromatic rings. The number of amides is 2. The maximum atomic E-state index is 13.1. The summed E-state index contributed by atoms with van der Waals surface area (Å²) < 4.78 is 32.7. The zero-order valence-corrected chi connectivity index (χ0v) is 19.5. The molecule has 0 bridgehead atoms. The molecule has 0 aromatic heterocycles. The van der Waals surface area contributed by atoms with Crippen LogP contribution in [0.4, 0.5) is 5.69 Å². The van der Waals surface area contributed by atoms with Crippen molar-refractivity contribution in [3.8, 4) is 0 Å². The molecule has 2 amide bonds. The molecule has 0 saturated carbocycles. The van der Waals surface area contributed by atoms with Gasteiger partial charge in [0.2, 0.25) is 21.8 Å². The molecule has 0 fully saturated rings. The number of ether oxygens (including phenoxy) is 1. The molecular formula is C20H31N3O5S2. The largest absolute Gasteiger partial charge is 0.385 e. The topological polar surface area (TPSA) is 96.0 Å². The van der Waals surface area contributed by atoms with E-state index in [9.17, 15) is 18.0 Å². The van der Waals surface area contributed by atoms with Crippen LogP contribution in [0.15, 0.2) is 28.0 Å². The number of carbonyl (C=O) groups excluding carboxylic acids is 2. The van der Waals surface area contributed by atoms with E-state index in [4.69, 9.17) is 4.74 Å². The molecule has 168 valence electrons. The minimum atomic E-state index is -3.68. The van der Waals surface area contributed by atoms with Gasteiger partial charge in [-0.15, -0.1) is 11.8 Å². The molecule has 0 unspecified atom stereocenters. The summed E-state index contributed by atoms with van der Waals surface area (Å²) >= 11 is 1.35. The predicted molar refractivity (Wildman–Crippen MR) is 118 cm³/mol. The summed E-state index contributed by atoms with van der Waals surface area (Å²) in [5, 5.41) is 2.77. The van der Waals surface area contributed by atoms with Gasteiger partial charge in [0, 0.05) is 38.2 Å². The fourth-order valence-electron chi connectivity index (χ4n) is 3.16. The second kappa shape index (κ2) is 11.7. The van der Waals surface area contributed by atoms with Gasteiger partial charge < -0.3 is 15.0 Å². The summed E-state index contributed by atoms with van der Waals surface area (Å²) in [6.45, 7) is 5.60. The molecule has 2 rings (SSSR count). The van der Waals surface area contributed by atoms with Crippen LogP contribution in [0.5, 0.6) is 0 Å². The Hall–Kier alpha value is -1.62. The fourth-order valence-corrected chi connectivity index (χ4v) is 5.72. The smallest absolute Gasteiger partial charge is 0.243 e. The number of nitrogens with one attached hydrogen (secondary N) is 1. The second-order valence-electron chi connectivity index (χ2n) is 7.00. The lowest BCUT2D eigenvalue weighted by atomic mass is 10.2. The molecule has 1 aromatic carbocycles. The van der Waals surface area contributed by atoms with Crippen molar-refractivity contribution in [2.75, 3.05) is 50.5 Å². The summed E-state index contributed by atoms with van der Waals surface area (Å²) in [6, 6.07) is 4.82. The van der Waals surface area contributed by atoms with Crippen LogP contribution >= 0.6 is 11.8 Å². The number of hydrogen-bond donors (Lipinski definition) is 1. The quantitative estimate of drug-likeness (QED) is 0.483. The van der Waals surface area contributed by atoms with E-state index in [0.717, 1.165) is 4.90 Å². The summed E-state index contributed by atoms with van der Waals surface area (Å²) in [7, 11) is -2.08. The highest BCUT2D eigenvalue weighted by Gasteiger charge is 2.30. The van der Waals surface area contributed by atoms with Crippen molar-refractivity contribution in [1.29, 1.82) is 0 Å². The third kappa shape index (κ3) is 6.19. The van der Waals surface area contributed by atoms with Crippen LogP contribution < -0.4 is 10.2 Å². The number of fused-ring (bicyclic) bond motifs is 1. The SMILES string of the molecule is CCCN(CCC)S(=O)(=O)c1ccc2c(c1)N(CC(=O)NCCCOC)C(=O)CS2. The molecule has 10 heteroatoms. The number of sulfonamides is 1. The average molecular weight is 458 g/mol. The zero-order chi connectivity index (χ0) is 22.1. The molecule has 30 heavy (non-hydrogen) atoms. The van der Waals surface area contributed by atoms with Crippen molar-refractivity contribution < 1.29 is 22.7 Å². The first-order chi connectivity index (χ1) is 14.3. The lowest BCUT2D eigenvalue weighted by molar-refractivity contribution is -0.123. The minimum absolute atomic E-state index is 0.142. The van der Waals surface area contributed by atoms with Gasteiger partial charge in [0.15, 0.2) is 0 Å². The van der Waals surface area contributed by atoms with E-state index in [1.165, 1.54) is 27.0 Å². The number of carbonyl (C=O) groups is 2. The van der Waals surface area contributed by atoms with Gasteiger partial charge >= 0.3 is 0 Å². The number of hydrogen-bond acceptors (Lipinski definition) is 6. The summed E-state index contributed by atoms with van der Waals surface area (Å²) in [4.78, 5) is 27.1. The molecule has 1 aliphatic heterocycles.